The summed E-state index contributed by atoms with van der Waals surface area (Å²) >= 11 is 0. The molecule has 3 heterocycles. The van der Waals surface area contributed by atoms with E-state index in [1.807, 2.05) is 66.9 Å². The fourth-order valence-electron chi connectivity index (χ4n) is 6.41. The zero-order valence-corrected chi connectivity index (χ0v) is 26.9. The third-order valence-corrected chi connectivity index (χ3v) is 8.26. The molecule has 0 bridgehead atoms. The topological polar surface area (TPSA) is 38.2 Å². The van der Waals surface area contributed by atoms with E-state index in [9.17, 15) is 0 Å². The summed E-state index contributed by atoms with van der Waals surface area (Å²) in [6.45, 7) is 0. The smallest absolute Gasteiger partial charge is 0.503 e. The second-order valence-corrected chi connectivity index (χ2v) is 10.8. The second kappa shape index (κ2) is 12.6. The molecule has 1 aliphatic rings. The predicted molar refractivity (Wildman–Crippen MR) is 178 cm³/mol. The number of para-hydroxylation sites is 3. The van der Waals surface area contributed by atoms with Gasteiger partial charge in [0, 0.05) is 29.6 Å². The molecule has 0 saturated carbocycles. The Morgan fingerprint density at radius 1 is 0.522 bits per heavy atom. The van der Waals surface area contributed by atoms with Crippen molar-refractivity contribution in [2.75, 3.05) is 4.90 Å². The predicted octanol–water partition coefficient (Wildman–Crippen LogP) is 9.70. The van der Waals surface area contributed by atoms with E-state index in [0.29, 0.717) is 11.5 Å². The number of nitrogens with zero attached hydrogens (tertiary/aromatic N) is 3. The fourth-order valence-corrected chi connectivity index (χ4v) is 6.41. The molecule has 1 aliphatic heterocycles. The van der Waals surface area contributed by atoms with E-state index in [-0.39, 0.29) is 21.1 Å². The van der Waals surface area contributed by atoms with Gasteiger partial charge in [-0.2, -0.15) is 12.1 Å². The SMILES string of the molecule is [Pt+2].[c-]1c(Oc2[c-]c(C3(c4ccccn4)c4ccccc4N(c4ccccc4)c4ccccc43)ccc2)cccc1-c1ccccn1. The summed E-state index contributed by atoms with van der Waals surface area (Å²) in [5, 5.41) is 0. The van der Waals surface area contributed by atoms with Crippen LogP contribution in [0.2, 0.25) is 0 Å². The van der Waals surface area contributed by atoms with E-state index in [2.05, 4.69) is 113 Å². The minimum atomic E-state index is -0.765. The Kier molecular flexibility index (Phi) is 8.05. The molecule has 222 valence electrons. The first-order valence-corrected chi connectivity index (χ1v) is 14.9. The van der Waals surface area contributed by atoms with E-state index >= 15 is 0 Å². The number of pyridine rings is 2. The third kappa shape index (κ3) is 5.01. The first-order valence-electron chi connectivity index (χ1n) is 14.9. The molecule has 46 heavy (non-hydrogen) atoms. The summed E-state index contributed by atoms with van der Waals surface area (Å²) in [5.74, 6) is 1.19. The summed E-state index contributed by atoms with van der Waals surface area (Å²) in [6, 6.07) is 58.7. The molecule has 4 nitrogen and oxygen atoms in total. The Morgan fingerprint density at radius 2 is 1.13 bits per heavy atom. The quantitative estimate of drug-likeness (QED) is 0.158. The second-order valence-electron chi connectivity index (χ2n) is 10.8. The van der Waals surface area contributed by atoms with E-state index in [0.717, 1.165) is 50.7 Å². The van der Waals surface area contributed by atoms with E-state index in [4.69, 9.17) is 9.72 Å². The van der Waals surface area contributed by atoms with Crippen molar-refractivity contribution in [3.05, 3.63) is 199 Å². The van der Waals surface area contributed by atoms with Crippen molar-refractivity contribution in [3.63, 3.8) is 0 Å². The van der Waals surface area contributed by atoms with Crippen LogP contribution in [0.4, 0.5) is 17.1 Å². The van der Waals surface area contributed by atoms with E-state index < -0.39 is 5.41 Å². The molecule has 0 aliphatic carbocycles. The average molecular weight is 773 g/mol. The Balaban J connectivity index is 0.00000338. The molecule has 2 aromatic heterocycles. The molecule has 7 aromatic rings. The molecule has 0 spiro atoms. The van der Waals surface area contributed by atoms with Crippen molar-refractivity contribution >= 4 is 17.1 Å². The number of hydrogen-bond acceptors (Lipinski definition) is 4. The maximum Gasteiger partial charge on any atom is 2.00 e. The van der Waals surface area contributed by atoms with Crippen LogP contribution in [0.1, 0.15) is 22.4 Å². The van der Waals surface area contributed by atoms with Crippen LogP contribution in [0, 0.1) is 12.1 Å². The van der Waals surface area contributed by atoms with Gasteiger partial charge < -0.3 is 14.6 Å². The Bertz CT molecular complexity index is 2050. The molecule has 0 radical (unpaired) electrons. The van der Waals surface area contributed by atoms with Crippen LogP contribution in [0.25, 0.3) is 11.3 Å². The van der Waals surface area contributed by atoms with Gasteiger partial charge >= 0.3 is 21.1 Å². The van der Waals surface area contributed by atoms with Crippen LogP contribution in [0.3, 0.4) is 0 Å². The molecular weight excluding hydrogens is 746 g/mol. The average Bonchev–Trinajstić information content (AvgIpc) is 3.12. The van der Waals surface area contributed by atoms with Gasteiger partial charge in [-0.15, -0.1) is 41.5 Å². The summed E-state index contributed by atoms with van der Waals surface area (Å²) < 4.78 is 6.45. The van der Waals surface area contributed by atoms with Gasteiger partial charge in [-0.05, 0) is 59.3 Å². The third-order valence-electron chi connectivity index (χ3n) is 8.26. The molecule has 8 rings (SSSR count). The summed E-state index contributed by atoms with van der Waals surface area (Å²) in [6.07, 6.45) is 3.65. The van der Waals surface area contributed by atoms with Gasteiger partial charge in [-0.1, -0.05) is 78.9 Å². The number of anilines is 3. The van der Waals surface area contributed by atoms with Crippen molar-refractivity contribution in [1.82, 2.24) is 9.97 Å². The monoisotopic (exact) mass is 772 g/mol. The Labute approximate surface area is 283 Å². The molecule has 0 saturated heterocycles. The standard InChI is InChI=1S/C41H27N3O.Pt/c1-2-16-32(17-3-1)44-38-23-6-4-20-35(38)41(40-25-9-11-27-43-40,36-21-5-7-24-39(36)44)31-15-13-19-34(29-31)45-33-18-12-14-30(28-33)37-22-8-10-26-42-37;/h1-27H;/q-2;+2. The maximum absolute atomic E-state index is 6.45. The van der Waals surface area contributed by atoms with Crippen LogP contribution in [0.15, 0.2) is 164 Å². The van der Waals surface area contributed by atoms with Crippen LogP contribution in [0.5, 0.6) is 11.5 Å². The summed E-state index contributed by atoms with van der Waals surface area (Å²) in [4.78, 5) is 11.8. The van der Waals surface area contributed by atoms with Crippen LogP contribution < -0.4 is 9.64 Å². The van der Waals surface area contributed by atoms with Crippen LogP contribution in [-0.4, -0.2) is 9.97 Å². The number of rotatable bonds is 6. The molecule has 0 N–H and O–H groups in total. The van der Waals surface area contributed by atoms with E-state index in [1.54, 1.807) is 6.20 Å². The van der Waals surface area contributed by atoms with Gasteiger partial charge in [0.05, 0.1) is 22.5 Å². The van der Waals surface area contributed by atoms with Gasteiger partial charge in [-0.25, -0.2) is 0 Å². The molecule has 0 atom stereocenters. The molecule has 0 amide bonds. The number of hydrogen-bond donors (Lipinski definition) is 0. The molecule has 0 unspecified atom stereocenters. The molecule has 0 fully saturated rings. The normalized spacial score (nSPS) is 12.7. The fraction of sp³-hybridized carbons (Fsp3) is 0.0244. The van der Waals surface area contributed by atoms with Gasteiger partial charge in [0.15, 0.2) is 0 Å². The molecular formula is C41H27N3OPt. The van der Waals surface area contributed by atoms with Gasteiger partial charge in [-0.3, -0.25) is 4.98 Å². The zero-order valence-electron chi connectivity index (χ0n) is 24.7. The van der Waals surface area contributed by atoms with Crippen molar-refractivity contribution in [1.29, 1.82) is 0 Å². The number of ether oxygens (including phenoxy) is 1. The van der Waals surface area contributed by atoms with Gasteiger partial charge in [0.2, 0.25) is 0 Å². The van der Waals surface area contributed by atoms with E-state index in [1.165, 1.54) is 0 Å². The summed E-state index contributed by atoms with van der Waals surface area (Å²) in [7, 11) is 0. The Hall–Kier alpha value is -5.31. The van der Waals surface area contributed by atoms with Crippen LogP contribution >= 0.6 is 0 Å². The van der Waals surface area contributed by atoms with Crippen molar-refractivity contribution in [2.45, 2.75) is 5.41 Å². The summed E-state index contributed by atoms with van der Waals surface area (Å²) in [5.41, 5.74) is 8.29. The maximum atomic E-state index is 6.45. The van der Waals surface area contributed by atoms with Gasteiger partial charge in [0.25, 0.3) is 0 Å². The van der Waals surface area contributed by atoms with Crippen LogP contribution in [-0.2, 0) is 26.5 Å². The number of aromatic nitrogens is 2. The minimum absolute atomic E-state index is 0. The largest absolute Gasteiger partial charge is 2.00 e. The minimum Gasteiger partial charge on any atom is -0.503 e. The number of fused-ring (bicyclic) bond motifs is 2. The Morgan fingerprint density at radius 3 is 1.80 bits per heavy atom. The van der Waals surface area contributed by atoms with Crippen molar-refractivity contribution in [2.24, 2.45) is 0 Å². The first-order chi connectivity index (χ1) is 22.3. The van der Waals surface area contributed by atoms with Gasteiger partial charge in [0.1, 0.15) is 0 Å². The van der Waals surface area contributed by atoms with Crippen molar-refractivity contribution < 1.29 is 25.8 Å². The molecule has 5 heteroatoms. The first kappa shape index (κ1) is 29.4. The van der Waals surface area contributed by atoms with Crippen molar-refractivity contribution in [3.8, 4) is 22.8 Å². The zero-order chi connectivity index (χ0) is 30.1. The molecule has 5 aromatic carbocycles. The number of benzene rings is 5.